The second-order valence-electron chi connectivity index (χ2n) is 6.75. The second kappa shape index (κ2) is 8.12. The van der Waals surface area contributed by atoms with E-state index in [1.54, 1.807) is 0 Å². The maximum atomic E-state index is 11.2. The molecule has 0 aliphatic heterocycles. The monoisotopic (exact) mass is 341 g/mol. The van der Waals surface area contributed by atoms with Crippen LogP contribution in [0.1, 0.15) is 41.9 Å². The van der Waals surface area contributed by atoms with Crippen LogP contribution in [0.15, 0.2) is 24.3 Å². The summed E-state index contributed by atoms with van der Waals surface area (Å²) in [6.45, 7) is 8.76. The Bertz CT molecular complexity index is 753. The van der Waals surface area contributed by atoms with Gasteiger partial charge in [0.1, 0.15) is 6.61 Å². The first kappa shape index (κ1) is 18.9. The molecule has 134 valence electrons. The predicted molar refractivity (Wildman–Crippen MR) is 100.0 cm³/mol. The Balaban J connectivity index is 2.71. The Morgan fingerprint density at radius 2 is 1.80 bits per heavy atom. The van der Waals surface area contributed by atoms with E-state index >= 15 is 0 Å². The van der Waals surface area contributed by atoms with E-state index in [0.29, 0.717) is 12.5 Å². The highest BCUT2D eigenvalue weighted by Crippen LogP contribution is 2.33. The van der Waals surface area contributed by atoms with E-state index in [1.807, 2.05) is 13.8 Å². The fourth-order valence-electron chi connectivity index (χ4n) is 3.02. The van der Waals surface area contributed by atoms with Crippen LogP contribution in [0.25, 0.3) is 11.1 Å². The lowest BCUT2D eigenvalue weighted by atomic mass is 9.90. The molecular weight excluding hydrogens is 314 g/mol. The third kappa shape index (κ3) is 4.57. The molecule has 2 rings (SSSR count). The molecule has 0 spiro atoms. The molecule has 0 atom stereocenters. The summed E-state index contributed by atoms with van der Waals surface area (Å²) in [4.78, 5) is 15.9. The van der Waals surface area contributed by atoms with Gasteiger partial charge >= 0.3 is 6.09 Å². The summed E-state index contributed by atoms with van der Waals surface area (Å²) >= 11 is 0. The van der Waals surface area contributed by atoms with Crippen LogP contribution in [0, 0.1) is 19.8 Å². The SMILES string of the molecule is Cc1ccc(-c2c(CN)c(C)nc(CC(C)C)c2COC(N)=O)cc1. The summed E-state index contributed by atoms with van der Waals surface area (Å²) in [7, 11) is 0. The molecule has 1 aromatic heterocycles. The van der Waals surface area contributed by atoms with Gasteiger partial charge in [-0.05, 0) is 42.9 Å². The molecule has 0 unspecified atom stereocenters. The minimum atomic E-state index is -0.791. The number of hydrogen-bond acceptors (Lipinski definition) is 4. The van der Waals surface area contributed by atoms with Crippen LogP contribution >= 0.6 is 0 Å². The van der Waals surface area contributed by atoms with Gasteiger partial charge in [-0.25, -0.2) is 4.79 Å². The number of nitrogens with zero attached hydrogens (tertiary/aromatic N) is 1. The number of primary amides is 1. The number of carbonyl (C=O) groups is 1. The molecule has 25 heavy (non-hydrogen) atoms. The molecule has 1 heterocycles. The van der Waals surface area contributed by atoms with Crippen LogP contribution in [-0.2, 0) is 24.3 Å². The minimum absolute atomic E-state index is 0.0981. The summed E-state index contributed by atoms with van der Waals surface area (Å²) in [5.74, 6) is 0.425. The molecule has 1 aromatic carbocycles. The third-order valence-corrected chi connectivity index (χ3v) is 4.20. The van der Waals surface area contributed by atoms with E-state index in [1.165, 1.54) is 5.56 Å². The lowest BCUT2D eigenvalue weighted by molar-refractivity contribution is 0.150. The highest BCUT2D eigenvalue weighted by molar-refractivity contribution is 5.73. The first-order valence-corrected chi connectivity index (χ1v) is 8.54. The van der Waals surface area contributed by atoms with Gasteiger partial charge in [0.05, 0.1) is 0 Å². The molecular formula is C20H27N3O2. The number of benzene rings is 1. The maximum absolute atomic E-state index is 11.2. The van der Waals surface area contributed by atoms with Gasteiger partial charge in [0.2, 0.25) is 0 Å². The number of amides is 1. The predicted octanol–water partition coefficient (Wildman–Crippen LogP) is 3.62. The van der Waals surface area contributed by atoms with Crippen LogP contribution in [0.3, 0.4) is 0 Å². The third-order valence-electron chi connectivity index (χ3n) is 4.20. The van der Waals surface area contributed by atoms with Gasteiger partial charge in [-0.1, -0.05) is 43.7 Å². The van der Waals surface area contributed by atoms with Crippen LogP contribution in [0.5, 0.6) is 0 Å². The van der Waals surface area contributed by atoms with E-state index < -0.39 is 6.09 Å². The molecule has 0 aliphatic rings. The van der Waals surface area contributed by atoms with Crippen molar-refractivity contribution in [3.05, 3.63) is 52.3 Å². The quantitative estimate of drug-likeness (QED) is 0.839. The number of carbonyl (C=O) groups excluding carboxylic acids is 1. The second-order valence-corrected chi connectivity index (χ2v) is 6.75. The zero-order valence-corrected chi connectivity index (χ0v) is 15.4. The molecule has 2 aromatic rings. The van der Waals surface area contributed by atoms with Gasteiger partial charge in [-0.3, -0.25) is 4.98 Å². The van der Waals surface area contributed by atoms with Gasteiger partial charge < -0.3 is 16.2 Å². The highest BCUT2D eigenvalue weighted by Gasteiger charge is 2.20. The largest absolute Gasteiger partial charge is 0.445 e. The van der Waals surface area contributed by atoms with E-state index in [2.05, 4.69) is 38.1 Å². The van der Waals surface area contributed by atoms with Crippen LogP contribution in [0.4, 0.5) is 4.79 Å². The van der Waals surface area contributed by atoms with E-state index in [-0.39, 0.29) is 6.61 Å². The normalized spacial score (nSPS) is 11.0. The fraction of sp³-hybridized carbons (Fsp3) is 0.400. The van der Waals surface area contributed by atoms with Gasteiger partial charge in [-0.2, -0.15) is 0 Å². The number of nitrogens with two attached hydrogens (primary N) is 2. The van der Waals surface area contributed by atoms with E-state index in [9.17, 15) is 4.79 Å². The maximum Gasteiger partial charge on any atom is 0.404 e. The molecule has 0 saturated carbocycles. The Hall–Kier alpha value is -2.40. The highest BCUT2D eigenvalue weighted by atomic mass is 16.5. The summed E-state index contributed by atoms with van der Waals surface area (Å²) in [6, 6.07) is 8.25. The van der Waals surface area contributed by atoms with E-state index in [4.69, 9.17) is 21.2 Å². The molecule has 4 N–H and O–H groups in total. The fourth-order valence-corrected chi connectivity index (χ4v) is 3.02. The molecule has 0 fully saturated rings. The first-order valence-electron chi connectivity index (χ1n) is 8.54. The van der Waals surface area contributed by atoms with Crippen LogP contribution in [0.2, 0.25) is 0 Å². The topological polar surface area (TPSA) is 91.2 Å². The lowest BCUT2D eigenvalue weighted by Gasteiger charge is -2.21. The molecule has 0 saturated heterocycles. The summed E-state index contributed by atoms with van der Waals surface area (Å²) in [5, 5.41) is 0. The molecule has 0 radical (unpaired) electrons. The van der Waals surface area contributed by atoms with Crippen molar-refractivity contribution in [2.75, 3.05) is 0 Å². The molecule has 5 nitrogen and oxygen atoms in total. The summed E-state index contributed by atoms with van der Waals surface area (Å²) in [6.07, 6.45) is 0.00220. The summed E-state index contributed by atoms with van der Waals surface area (Å²) < 4.78 is 5.13. The molecule has 5 heteroatoms. The minimum Gasteiger partial charge on any atom is -0.445 e. The standard InChI is InChI=1S/C20H27N3O2/c1-12(2)9-18-17(11-25-20(22)24)19(16(10-21)14(4)23-18)15-7-5-13(3)6-8-15/h5-8,12H,9-11,21H2,1-4H3,(H2,22,24). The van der Waals surface area contributed by atoms with E-state index in [0.717, 1.165) is 40.1 Å². The van der Waals surface area contributed by atoms with Gasteiger partial charge in [0, 0.05) is 23.5 Å². The lowest BCUT2D eigenvalue weighted by Crippen LogP contribution is -2.17. The Morgan fingerprint density at radius 3 is 2.32 bits per heavy atom. The smallest absolute Gasteiger partial charge is 0.404 e. The number of aromatic nitrogens is 1. The number of aryl methyl sites for hydroxylation is 2. The van der Waals surface area contributed by atoms with Crippen molar-refractivity contribution >= 4 is 6.09 Å². The average Bonchev–Trinajstić information content (AvgIpc) is 2.53. The number of ether oxygens (including phenoxy) is 1. The first-order chi connectivity index (χ1) is 11.8. The molecule has 0 aliphatic carbocycles. The average molecular weight is 341 g/mol. The Labute approximate surface area is 149 Å². The van der Waals surface area contributed by atoms with Crippen LogP contribution < -0.4 is 11.5 Å². The Kier molecular flexibility index (Phi) is 6.15. The molecule has 0 bridgehead atoms. The van der Waals surface area contributed by atoms with Crippen molar-refractivity contribution in [2.24, 2.45) is 17.4 Å². The number of pyridine rings is 1. The zero-order valence-electron chi connectivity index (χ0n) is 15.4. The van der Waals surface area contributed by atoms with Crippen molar-refractivity contribution in [1.82, 2.24) is 4.98 Å². The van der Waals surface area contributed by atoms with Crippen molar-refractivity contribution in [1.29, 1.82) is 0 Å². The van der Waals surface area contributed by atoms with Crippen molar-refractivity contribution in [3.8, 4) is 11.1 Å². The number of rotatable bonds is 6. The van der Waals surface area contributed by atoms with Crippen LogP contribution in [-0.4, -0.2) is 11.1 Å². The van der Waals surface area contributed by atoms with Gasteiger partial charge in [0.25, 0.3) is 0 Å². The summed E-state index contributed by atoms with van der Waals surface area (Å²) in [5.41, 5.74) is 18.2. The molecule has 1 amide bonds. The van der Waals surface area contributed by atoms with Crippen molar-refractivity contribution in [2.45, 2.75) is 47.3 Å². The van der Waals surface area contributed by atoms with Gasteiger partial charge in [0.15, 0.2) is 0 Å². The number of hydrogen-bond donors (Lipinski definition) is 2. The Morgan fingerprint density at radius 1 is 1.16 bits per heavy atom. The van der Waals surface area contributed by atoms with Crippen molar-refractivity contribution < 1.29 is 9.53 Å². The zero-order chi connectivity index (χ0) is 18.6. The van der Waals surface area contributed by atoms with Crippen molar-refractivity contribution in [3.63, 3.8) is 0 Å². The van der Waals surface area contributed by atoms with Gasteiger partial charge in [-0.15, -0.1) is 0 Å².